The summed E-state index contributed by atoms with van der Waals surface area (Å²) in [6, 6.07) is 0. The van der Waals surface area contributed by atoms with Crippen LogP contribution in [0.5, 0.6) is 0 Å². The van der Waals surface area contributed by atoms with E-state index in [0.29, 0.717) is 10.6 Å². The fourth-order valence-corrected chi connectivity index (χ4v) is 0.750. The Labute approximate surface area is 67.3 Å². The molecule has 0 heterocycles. The number of hydrogen-bond acceptors (Lipinski definition) is 0. The van der Waals surface area contributed by atoms with Crippen LogP contribution in [-0.2, 0) is 0 Å². The molecule has 0 atom stereocenters. The summed E-state index contributed by atoms with van der Waals surface area (Å²) in [5, 5.41) is 1.01. The van der Waals surface area contributed by atoms with Crippen LogP contribution in [0.3, 0.4) is 0 Å². The lowest BCUT2D eigenvalue weighted by atomic mass is 9.23. The third-order valence-corrected chi connectivity index (χ3v) is 1.62. The number of rotatable bonds is 1. The minimum atomic E-state index is 0.507. The molecule has 0 saturated carbocycles. The second-order valence-electron chi connectivity index (χ2n) is 5.62. The average molecular weight is 138 g/mol. The van der Waals surface area contributed by atoms with E-state index in [0.717, 1.165) is 0 Å². The van der Waals surface area contributed by atoms with E-state index < -0.39 is 0 Å². The molecular formula is C8H20B2. The largest absolute Gasteiger partial charge is 0.0941 e. The maximum atomic E-state index is 2.30. The van der Waals surface area contributed by atoms with E-state index in [1.165, 1.54) is 14.3 Å². The van der Waals surface area contributed by atoms with Crippen LogP contribution in [0.15, 0.2) is 0 Å². The summed E-state index contributed by atoms with van der Waals surface area (Å²) in [5.74, 6) is 0. The predicted molar refractivity (Wildman–Crippen MR) is 53.7 cm³/mol. The summed E-state index contributed by atoms with van der Waals surface area (Å²) < 4.78 is 0. The molecule has 0 unspecified atom stereocenters. The number of hydrogen-bond donors (Lipinski definition) is 0. The molecule has 0 radical (unpaired) electrons. The summed E-state index contributed by atoms with van der Waals surface area (Å²) >= 11 is 0. The van der Waals surface area contributed by atoms with Gasteiger partial charge in [-0.2, -0.15) is 0 Å². The van der Waals surface area contributed by atoms with Crippen molar-refractivity contribution in [2.24, 2.45) is 0 Å². The topological polar surface area (TPSA) is 0 Å². The van der Waals surface area contributed by atoms with E-state index in [2.05, 4.69) is 41.5 Å². The lowest BCUT2D eigenvalue weighted by Gasteiger charge is -2.22. The maximum absolute atomic E-state index is 2.30. The molecule has 0 spiro atoms. The second kappa shape index (κ2) is 3.02. The lowest BCUT2D eigenvalue weighted by molar-refractivity contribution is 0.742. The van der Waals surface area contributed by atoms with Gasteiger partial charge in [0.1, 0.15) is 0 Å². The Hall–Kier alpha value is 0.130. The van der Waals surface area contributed by atoms with Crippen molar-refractivity contribution in [2.75, 3.05) is 0 Å². The molecule has 2 heteroatoms. The highest BCUT2D eigenvalue weighted by Gasteiger charge is 2.19. The van der Waals surface area contributed by atoms with E-state index in [1.807, 2.05) is 0 Å². The molecule has 0 saturated heterocycles. The monoisotopic (exact) mass is 138 g/mol. The molecule has 0 aromatic heterocycles. The fraction of sp³-hybridized carbons (Fsp3) is 1.00. The van der Waals surface area contributed by atoms with Gasteiger partial charge in [0, 0.05) is 0 Å². The molecule has 0 aliphatic rings. The molecule has 0 bridgehead atoms. The van der Waals surface area contributed by atoms with Gasteiger partial charge in [0.2, 0.25) is 0 Å². The van der Waals surface area contributed by atoms with Crippen molar-refractivity contribution in [3.05, 3.63) is 0 Å². The van der Waals surface area contributed by atoms with E-state index in [9.17, 15) is 0 Å². The molecule has 0 amide bonds. The van der Waals surface area contributed by atoms with Gasteiger partial charge in [-0.3, -0.25) is 0 Å². The fourth-order valence-electron chi connectivity index (χ4n) is 0.750. The Balaban J connectivity index is 3.56. The Kier molecular flexibility index (Phi) is 3.06. The molecule has 0 aliphatic carbocycles. The van der Waals surface area contributed by atoms with Crippen LogP contribution in [0.2, 0.25) is 10.6 Å². The summed E-state index contributed by atoms with van der Waals surface area (Å²) in [7, 11) is 2.66. The third-order valence-electron chi connectivity index (χ3n) is 1.62. The first-order chi connectivity index (χ1) is 4.21. The van der Waals surface area contributed by atoms with E-state index >= 15 is 0 Å². The van der Waals surface area contributed by atoms with Gasteiger partial charge in [-0.25, -0.2) is 0 Å². The highest BCUT2D eigenvalue weighted by Crippen LogP contribution is 2.26. The molecule has 0 rings (SSSR count). The van der Waals surface area contributed by atoms with Gasteiger partial charge < -0.3 is 0 Å². The minimum absolute atomic E-state index is 0.507. The van der Waals surface area contributed by atoms with Crippen LogP contribution in [0.4, 0.5) is 0 Å². The molecule has 0 aromatic rings. The van der Waals surface area contributed by atoms with Gasteiger partial charge in [-0.05, 0) is 0 Å². The van der Waals surface area contributed by atoms with Crippen LogP contribution in [0.25, 0.3) is 0 Å². The van der Waals surface area contributed by atoms with Gasteiger partial charge in [0.15, 0.2) is 0 Å². The second-order valence-corrected chi connectivity index (χ2v) is 5.62. The Morgan fingerprint density at radius 1 is 0.600 bits per heavy atom. The summed E-state index contributed by atoms with van der Waals surface area (Å²) in [6.07, 6.45) is 0. The first-order valence-electron chi connectivity index (χ1n) is 4.21. The molecule has 58 valence electrons. The van der Waals surface area contributed by atoms with Gasteiger partial charge in [-0.15, -0.1) is 0 Å². The van der Waals surface area contributed by atoms with Crippen LogP contribution in [-0.4, -0.2) is 14.3 Å². The Morgan fingerprint density at radius 2 is 0.800 bits per heavy atom. The zero-order valence-electron chi connectivity index (χ0n) is 8.41. The van der Waals surface area contributed by atoms with E-state index in [-0.39, 0.29) is 0 Å². The average Bonchev–Trinajstić information content (AvgIpc) is 1.57. The van der Waals surface area contributed by atoms with Crippen molar-refractivity contribution < 1.29 is 0 Å². The highest BCUT2D eigenvalue weighted by molar-refractivity contribution is 7.03. The molecule has 10 heavy (non-hydrogen) atoms. The van der Waals surface area contributed by atoms with Crippen molar-refractivity contribution in [2.45, 2.75) is 52.2 Å². The first kappa shape index (κ1) is 10.1. The van der Waals surface area contributed by atoms with Crippen molar-refractivity contribution in [3.8, 4) is 0 Å². The SMILES string of the molecule is CC(C)(C)BBC(C)(C)C. The zero-order chi connectivity index (χ0) is 8.41. The first-order valence-corrected chi connectivity index (χ1v) is 4.21. The van der Waals surface area contributed by atoms with Gasteiger partial charge >= 0.3 is 0 Å². The van der Waals surface area contributed by atoms with Crippen molar-refractivity contribution in [1.29, 1.82) is 0 Å². The normalized spacial score (nSPS) is 13.0. The standard InChI is InChI=1S/C8H20B2/c1-7(2,3)9-10-8(4,5)6/h9-10H,1-6H3. The molecule has 0 fully saturated rings. The smallest absolute Gasteiger partial charge is 0.0703 e. The van der Waals surface area contributed by atoms with Gasteiger partial charge in [0.05, 0.1) is 14.3 Å². The molecule has 0 aliphatic heterocycles. The van der Waals surface area contributed by atoms with E-state index in [4.69, 9.17) is 0 Å². The van der Waals surface area contributed by atoms with E-state index in [1.54, 1.807) is 0 Å². The predicted octanol–water partition coefficient (Wildman–Crippen LogP) is 2.21. The quantitative estimate of drug-likeness (QED) is 0.487. The highest BCUT2D eigenvalue weighted by atomic mass is 14.0. The molecule has 0 nitrogen and oxygen atoms in total. The van der Waals surface area contributed by atoms with Crippen molar-refractivity contribution in [3.63, 3.8) is 0 Å². The maximum Gasteiger partial charge on any atom is 0.0941 e. The lowest BCUT2D eigenvalue weighted by Crippen LogP contribution is -2.23. The van der Waals surface area contributed by atoms with Crippen LogP contribution in [0, 0.1) is 0 Å². The van der Waals surface area contributed by atoms with Crippen LogP contribution >= 0.6 is 0 Å². The summed E-state index contributed by atoms with van der Waals surface area (Å²) in [6.45, 7) is 13.8. The Morgan fingerprint density at radius 3 is 0.900 bits per heavy atom. The van der Waals surface area contributed by atoms with Gasteiger partial charge in [0.25, 0.3) is 0 Å². The van der Waals surface area contributed by atoms with Crippen molar-refractivity contribution in [1.82, 2.24) is 0 Å². The molecular weight excluding hydrogens is 118 g/mol. The Bertz CT molecular complexity index is 80.8. The van der Waals surface area contributed by atoms with Crippen LogP contribution in [0.1, 0.15) is 41.5 Å². The zero-order valence-corrected chi connectivity index (χ0v) is 8.41. The van der Waals surface area contributed by atoms with Gasteiger partial charge in [-0.1, -0.05) is 52.2 Å². The minimum Gasteiger partial charge on any atom is -0.0703 e. The summed E-state index contributed by atoms with van der Waals surface area (Å²) in [4.78, 5) is 0. The third kappa shape index (κ3) is 8.13. The molecule has 0 aromatic carbocycles. The summed E-state index contributed by atoms with van der Waals surface area (Å²) in [5.41, 5.74) is 0. The van der Waals surface area contributed by atoms with Crippen molar-refractivity contribution >= 4 is 14.3 Å². The molecule has 0 N–H and O–H groups in total. The van der Waals surface area contributed by atoms with Crippen LogP contribution < -0.4 is 0 Å².